The first-order valence-corrected chi connectivity index (χ1v) is 7.99. The highest BCUT2D eigenvalue weighted by Crippen LogP contribution is 2.32. The minimum atomic E-state index is -0.0956. The molecule has 1 unspecified atom stereocenters. The average Bonchev–Trinajstić information content (AvgIpc) is 3.15. The van der Waals surface area contributed by atoms with Gasteiger partial charge in [0.25, 0.3) is 0 Å². The second kappa shape index (κ2) is 6.66. The Labute approximate surface area is 133 Å². The fourth-order valence-corrected chi connectivity index (χ4v) is 3.10. The van der Waals surface area contributed by atoms with Crippen LogP contribution in [0.2, 0.25) is 0 Å². The Bertz CT molecular complexity index is 679. The molecule has 0 aliphatic carbocycles. The standard InChI is InChI=1S/C17H17NO3S/c1-12(9-14-3-2-8-22-14)18-17(19)7-5-13-4-6-15-16(10-13)21-11-20-15/h2-8,10,12H,9,11H2,1H3,(H,18,19)/b7-5+. The van der Waals surface area contributed by atoms with Crippen molar-refractivity contribution >= 4 is 23.3 Å². The lowest BCUT2D eigenvalue weighted by Gasteiger charge is -2.10. The molecule has 0 saturated heterocycles. The van der Waals surface area contributed by atoms with E-state index < -0.39 is 0 Å². The monoisotopic (exact) mass is 315 g/mol. The Hall–Kier alpha value is -2.27. The molecule has 2 aromatic rings. The third-order valence-electron chi connectivity index (χ3n) is 3.30. The topological polar surface area (TPSA) is 47.6 Å². The van der Waals surface area contributed by atoms with E-state index in [1.807, 2.05) is 36.6 Å². The lowest BCUT2D eigenvalue weighted by Crippen LogP contribution is -2.32. The molecular formula is C17H17NO3S. The average molecular weight is 315 g/mol. The summed E-state index contributed by atoms with van der Waals surface area (Å²) < 4.78 is 10.6. The van der Waals surface area contributed by atoms with Crippen LogP contribution in [0.1, 0.15) is 17.4 Å². The summed E-state index contributed by atoms with van der Waals surface area (Å²) in [4.78, 5) is 13.2. The van der Waals surface area contributed by atoms with Crippen LogP contribution >= 0.6 is 11.3 Å². The van der Waals surface area contributed by atoms with Gasteiger partial charge < -0.3 is 14.8 Å². The summed E-state index contributed by atoms with van der Waals surface area (Å²) >= 11 is 1.70. The van der Waals surface area contributed by atoms with Crippen LogP contribution in [0.4, 0.5) is 0 Å². The van der Waals surface area contributed by atoms with Crippen molar-refractivity contribution in [3.05, 3.63) is 52.2 Å². The maximum absolute atomic E-state index is 11.9. The van der Waals surface area contributed by atoms with Crippen LogP contribution < -0.4 is 14.8 Å². The Morgan fingerprint density at radius 1 is 1.36 bits per heavy atom. The van der Waals surface area contributed by atoms with Crippen LogP contribution in [0.15, 0.2) is 41.8 Å². The van der Waals surface area contributed by atoms with Crippen molar-refractivity contribution in [2.45, 2.75) is 19.4 Å². The van der Waals surface area contributed by atoms with E-state index in [4.69, 9.17) is 9.47 Å². The van der Waals surface area contributed by atoms with Crippen LogP contribution in [0.5, 0.6) is 11.5 Å². The number of fused-ring (bicyclic) bond motifs is 1. The van der Waals surface area contributed by atoms with Gasteiger partial charge in [0.05, 0.1) is 0 Å². The number of hydrogen-bond acceptors (Lipinski definition) is 4. The summed E-state index contributed by atoms with van der Waals surface area (Å²) in [6, 6.07) is 9.81. The summed E-state index contributed by atoms with van der Waals surface area (Å²) in [6.07, 6.45) is 4.17. The van der Waals surface area contributed by atoms with Crippen LogP contribution in [0, 0.1) is 0 Å². The van der Waals surface area contributed by atoms with E-state index in [-0.39, 0.29) is 18.7 Å². The second-order valence-electron chi connectivity index (χ2n) is 5.14. The highest BCUT2D eigenvalue weighted by Gasteiger charge is 2.12. The molecule has 0 spiro atoms. The van der Waals surface area contributed by atoms with Crippen molar-refractivity contribution in [3.8, 4) is 11.5 Å². The van der Waals surface area contributed by atoms with Crippen molar-refractivity contribution in [3.63, 3.8) is 0 Å². The molecule has 1 amide bonds. The van der Waals surface area contributed by atoms with Crippen molar-refractivity contribution in [1.82, 2.24) is 5.32 Å². The molecule has 22 heavy (non-hydrogen) atoms. The van der Waals surface area contributed by atoms with Crippen LogP contribution in [0.25, 0.3) is 6.08 Å². The molecule has 1 N–H and O–H groups in total. The number of rotatable bonds is 5. The first kappa shape index (κ1) is 14.7. The van der Waals surface area contributed by atoms with Gasteiger partial charge in [-0.05, 0) is 42.1 Å². The van der Waals surface area contributed by atoms with Crippen LogP contribution in [-0.4, -0.2) is 18.7 Å². The zero-order valence-electron chi connectivity index (χ0n) is 12.2. The highest BCUT2D eigenvalue weighted by molar-refractivity contribution is 7.09. The minimum Gasteiger partial charge on any atom is -0.454 e. The summed E-state index contributed by atoms with van der Waals surface area (Å²) in [5.41, 5.74) is 0.908. The molecule has 5 heteroatoms. The van der Waals surface area contributed by atoms with E-state index in [1.165, 1.54) is 4.88 Å². The lowest BCUT2D eigenvalue weighted by molar-refractivity contribution is -0.117. The molecule has 0 saturated carbocycles. The zero-order valence-corrected chi connectivity index (χ0v) is 13.1. The minimum absolute atomic E-state index is 0.0956. The smallest absolute Gasteiger partial charge is 0.244 e. The third-order valence-corrected chi connectivity index (χ3v) is 4.20. The number of carbonyl (C=O) groups is 1. The predicted octanol–water partition coefficient (Wildman–Crippen LogP) is 3.24. The largest absolute Gasteiger partial charge is 0.454 e. The molecule has 1 atom stereocenters. The Kier molecular flexibility index (Phi) is 4.44. The Balaban J connectivity index is 1.54. The fourth-order valence-electron chi connectivity index (χ4n) is 2.26. The number of benzene rings is 1. The molecule has 0 fully saturated rings. The zero-order chi connectivity index (χ0) is 15.4. The van der Waals surface area contributed by atoms with E-state index in [9.17, 15) is 4.79 Å². The summed E-state index contributed by atoms with van der Waals surface area (Å²) in [7, 11) is 0. The molecule has 3 rings (SSSR count). The number of carbonyl (C=O) groups excluding carboxylic acids is 1. The van der Waals surface area contributed by atoms with Crippen molar-refractivity contribution in [1.29, 1.82) is 0 Å². The van der Waals surface area contributed by atoms with E-state index in [1.54, 1.807) is 23.5 Å². The van der Waals surface area contributed by atoms with Gasteiger partial charge in [0.15, 0.2) is 11.5 Å². The number of nitrogens with one attached hydrogen (secondary N) is 1. The van der Waals surface area contributed by atoms with E-state index in [2.05, 4.69) is 11.4 Å². The normalized spacial score (nSPS) is 14.2. The second-order valence-corrected chi connectivity index (χ2v) is 6.17. The van der Waals surface area contributed by atoms with E-state index in [0.717, 1.165) is 17.7 Å². The molecule has 0 radical (unpaired) electrons. The van der Waals surface area contributed by atoms with Crippen LogP contribution in [0.3, 0.4) is 0 Å². The van der Waals surface area contributed by atoms with Crippen molar-refractivity contribution < 1.29 is 14.3 Å². The van der Waals surface area contributed by atoms with Gasteiger partial charge in [0.2, 0.25) is 12.7 Å². The summed E-state index contributed by atoms with van der Waals surface area (Å²) in [5.74, 6) is 1.36. The maximum atomic E-state index is 11.9. The number of amides is 1. The fraction of sp³-hybridized carbons (Fsp3) is 0.235. The summed E-state index contributed by atoms with van der Waals surface area (Å²) in [5, 5.41) is 5.01. The van der Waals surface area contributed by atoms with Gasteiger partial charge in [-0.15, -0.1) is 11.3 Å². The molecule has 1 aromatic carbocycles. The van der Waals surface area contributed by atoms with Crippen LogP contribution in [-0.2, 0) is 11.2 Å². The molecule has 1 aromatic heterocycles. The van der Waals surface area contributed by atoms with Gasteiger partial charge >= 0.3 is 0 Å². The molecule has 1 aliphatic rings. The van der Waals surface area contributed by atoms with Gasteiger partial charge in [-0.25, -0.2) is 0 Å². The lowest BCUT2D eigenvalue weighted by atomic mass is 10.1. The first-order chi connectivity index (χ1) is 10.7. The Morgan fingerprint density at radius 2 is 2.23 bits per heavy atom. The molecular weight excluding hydrogens is 298 g/mol. The number of hydrogen-bond donors (Lipinski definition) is 1. The third kappa shape index (κ3) is 3.68. The summed E-state index contributed by atoms with van der Waals surface area (Å²) in [6.45, 7) is 2.26. The first-order valence-electron chi connectivity index (χ1n) is 7.11. The van der Waals surface area contributed by atoms with Crippen molar-refractivity contribution in [2.24, 2.45) is 0 Å². The molecule has 0 bridgehead atoms. The van der Waals surface area contributed by atoms with Gasteiger partial charge in [0.1, 0.15) is 0 Å². The molecule has 1 aliphatic heterocycles. The predicted molar refractivity (Wildman–Crippen MR) is 87.2 cm³/mol. The quantitative estimate of drug-likeness (QED) is 0.862. The maximum Gasteiger partial charge on any atom is 0.244 e. The van der Waals surface area contributed by atoms with Gasteiger partial charge in [-0.2, -0.15) is 0 Å². The Morgan fingerprint density at radius 3 is 3.05 bits per heavy atom. The molecule has 4 nitrogen and oxygen atoms in total. The van der Waals surface area contributed by atoms with Crippen molar-refractivity contribution in [2.75, 3.05) is 6.79 Å². The molecule has 114 valence electrons. The van der Waals surface area contributed by atoms with Gasteiger partial charge in [-0.1, -0.05) is 12.1 Å². The SMILES string of the molecule is CC(Cc1cccs1)NC(=O)/C=C/c1ccc2c(c1)OCO2. The number of ether oxygens (including phenoxy) is 2. The van der Waals surface area contributed by atoms with Gasteiger partial charge in [0, 0.05) is 23.4 Å². The van der Waals surface area contributed by atoms with Gasteiger partial charge in [-0.3, -0.25) is 4.79 Å². The van der Waals surface area contributed by atoms with E-state index >= 15 is 0 Å². The number of thiophene rings is 1. The van der Waals surface area contributed by atoms with E-state index in [0.29, 0.717) is 5.75 Å². The highest BCUT2D eigenvalue weighted by atomic mass is 32.1. The molecule has 2 heterocycles.